The molecule has 1 spiro atoms. The molecule has 1 atom stereocenters. The van der Waals surface area contributed by atoms with E-state index in [1.807, 2.05) is 0 Å². The zero-order valence-electron chi connectivity index (χ0n) is 15.4. The molecule has 0 aromatic heterocycles. The highest BCUT2D eigenvalue weighted by Gasteiger charge is 2.51. The molecule has 2 fully saturated rings. The third-order valence-electron chi connectivity index (χ3n) is 5.70. The van der Waals surface area contributed by atoms with E-state index in [1.54, 1.807) is 29.2 Å². The number of carbonyl (C=O) groups is 1. The molecule has 0 saturated carbocycles. The Morgan fingerprint density at radius 3 is 2.41 bits per heavy atom. The summed E-state index contributed by atoms with van der Waals surface area (Å²) >= 11 is 11.9. The first kappa shape index (κ1) is 20.6. The first-order chi connectivity index (χ1) is 13.7. The maximum absolute atomic E-state index is 13.3. The van der Waals surface area contributed by atoms with Crippen molar-refractivity contribution in [1.82, 2.24) is 4.31 Å². The molecule has 2 aliphatic rings. The Kier molecular flexibility index (Phi) is 5.36. The van der Waals surface area contributed by atoms with Gasteiger partial charge >= 0.3 is 0 Å². The van der Waals surface area contributed by atoms with E-state index >= 15 is 0 Å². The summed E-state index contributed by atoms with van der Waals surface area (Å²) in [6.07, 6.45) is 1.76. The highest BCUT2D eigenvalue weighted by Crippen LogP contribution is 2.43. The zero-order chi connectivity index (χ0) is 20.8. The maximum Gasteiger partial charge on any atom is 0.244 e. The Balaban J connectivity index is 1.61. The Morgan fingerprint density at radius 2 is 1.72 bits per heavy atom. The fourth-order valence-corrected chi connectivity index (χ4v) is 6.38. The van der Waals surface area contributed by atoms with E-state index in [2.05, 4.69) is 0 Å². The number of halogens is 3. The highest BCUT2D eigenvalue weighted by molar-refractivity contribution is 7.89. The smallest absolute Gasteiger partial charge is 0.244 e. The first-order valence-corrected chi connectivity index (χ1v) is 11.5. The molecular formula is C20H19Cl2FN2O3S. The quantitative estimate of drug-likeness (QED) is 0.689. The average Bonchev–Trinajstić information content (AvgIpc) is 2.98. The molecule has 0 N–H and O–H groups in total. The Hall–Kier alpha value is -1.67. The SMILES string of the molecule is O=C1N(c2ccc(Cl)cc2)CCC12CCCN(S(=O)(=O)c1ccc(F)cc1Cl)C2. The van der Waals surface area contributed by atoms with E-state index in [0.717, 1.165) is 17.8 Å². The molecule has 0 bridgehead atoms. The summed E-state index contributed by atoms with van der Waals surface area (Å²) in [6, 6.07) is 10.2. The van der Waals surface area contributed by atoms with Crippen molar-refractivity contribution < 1.29 is 17.6 Å². The lowest BCUT2D eigenvalue weighted by atomic mass is 9.79. The van der Waals surface area contributed by atoms with Gasteiger partial charge in [0.2, 0.25) is 15.9 Å². The largest absolute Gasteiger partial charge is 0.312 e. The van der Waals surface area contributed by atoms with E-state index in [9.17, 15) is 17.6 Å². The van der Waals surface area contributed by atoms with Gasteiger partial charge in [-0.1, -0.05) is 23.2 Å². The van der Waals surface area contributed by atoms with Gasteiger partial charge in [-0.25, -0.2) is 12.8 Å². The summed E-state index contributed by atoms with van der Waals surface area (Å²) in [5, 5.41) is 0.423. The minimum Gasteiger partial charge on any atom is -0.312 e. The van der Waals surface area contributed by atoms with E-state index in [0.29, 0.717) is 37.4 Å². The molecule has 2 heterocycles. The van der Waals surface area contributed by atoms with Gasteiger partial charge in [0.1, 0.15) is 10.7 Å². The fraction of sp³-hybridized carbons (Fsp3) is 0.350. The van der Waals surface area contributed by atoms with Gasteiger partial charge in [0.25, 0.3) is 0 Å². The monoisotopic (exact) mass is 456 g/mol. The Labute approximate surface area is 179 Å². The minimum atomic E-state index is -3.94. The molecule has 9 heteroatoms. The molecule has 29 heavy (non-hydrogen) atoms. The van der Waals surface area contributed by atoms with Crippen LogP contribution in [-0.2, 0) is 14.8 Å². The second kappa shape index (κ2) is 7.54. The van der Waals surface area contributed by atoms with Crippen LogP contribution < -0.4 is 4.90 Å². The van der Waals surface area contributed by atoms with Gasteiger partial charge in [-0.05, 0) is 61.7 Å². The van der Waals surface area contributed by atoms with Crippen molar-refractivity contribution in [2.75, 3.05) is 24.5 Å². The van der Waals surface area contributed by atoms with E-state index < -0.39 is 21.3 Å². The van der Waals surface area contributed by atoms with Gasteiger partial charge < -0.3 is 4.90 Å². The van der Waals surface area contributed by atoms with Crippen LogP contribution in [0.3, 0.4) is 0 Å². The van der Waals surface area contributed by atoms with Crippen LogP contribution in [0.4, 0.5) is 10.1 Å². The summed E-state index contributed by atoms with van der Waals surface area (Å²) in [6.45, 7) is 0.906. The molecule has 5 nitrogen and oxygen atoms in total. The minimum absolute atomic E-state index is 0.0788. The molecule has 4 rings (SSSR count). The van der Waals surface area contributed by atoms with Gasteiger partial charge in [-0.2, -0.15) is 4.31 Å². The summed E-state index contributed by atoms with van der Waals surface area (Å²) in [4.78, 5) is 14.8. The number of piperidine rings is 1. The second-order valence-corrected chi connectivity index (χ2v) is 10.2. The summed E-state index contributed by atoms with van der Waals surface area (Å²) in [7, 11) is -3.94. The number of nitrogens with zero attached hydrogens (tertiary/aromatic N) is 2. The number of anilines is 1. The molecule has 154 valence electrons. The van der Waals surface area contributed by atoms with E-state index in [-0.39, 0.29) is 22.4 Å². The topological polar surface area (TPSA) is 57.7 Å². The second-order valence-electron chi connectivity index (χ2n) is 7.48. The maximum atomic E-state index is 13.3. The van der Waals surface area contributed by atoms with Crippen molar-refractivity contribution in [3.05, 3.63) is 58.3 Å². The average molecular weight is 457 g/mol. The number of amides is 1. The van der Waals surface area contributed by atoms with E-state index in [4.69, 9.17) is 23.2 Å². The Morgan fingerprint density at radius 1 is 1.00 bits per heavy atom. The van der Waals surface area contributed by atoms with Crippen LogP contribution in [0.1, 0.15) is 19.3 Å². The molecular weight excluding hydrogens is 438 g/mol. The number of benzene rings is 2. The Bertz CT molecular complexity index is 1060. The van der Waals surface area contributed by atoms with Crippen molar-refractivity contribution in [2.45, 2.75) is 24.2 Å². The molecule has 2 aliphatic heterocycles. The van der Waals surface area contributed by atoms with Crippen LogP contribution in [0, 0.1) is 11.2 Å². The summed E-state index contributed by atoms with van der Waals surface area (Å²) in [5.41, 5.74) is -0.0184. The van der Waals surface area contributed by atoms with Crippen molar-refractivity contribution in [2.24, 2.45) is 5.41 Å². The fourth-order valence-electron chi connectivity index (χ4n) is 4.18. The van der Waals surface area contributed by atoms with Crippen LogP contribution in [-0.4, -0.2) is 38.3 Å². The molecule has 1 unspecified atom stereocenters. The standard InChI is InChI=1S/C20H19Cl2FN2O3S/c21-14-2-5-16(6-3-14)25-11-9-20(19(25)26)8-1-10-24(13-20)29(27,28)18-7-4-15(23)12-17(18)22/h2-7,12H,1,8-11,13H2. The van der Waals surface area contributed by atoms with Crippen molar-refractivity contribution in [3.8, 4) is 0 Å². The first-order valence-electron chi connectivity index (χ1n) is 9.26. The van der Waals surface area contributed by atoms with Gasteiger partial charge in [-0.3, -0.25) is 4.79 Å². The van der Waals surface area contributed by atoms with Crippen LogP contribution >= 0.6 is 23.2 Å². The van der Waals surface area contributed by atoms with Crippen LogP contribution in [0.15, 0.2) is 47.4 Å². The number of hydrogen-bond donors (Lipinski definition) is 0. The number of carbonyl (C=O) groups excluding carboxylic acids is 1. The van der Waals surface area contributed by atoms with Gasteiger partial charge in [0, 0.05) is 30.3 Å². The molecule has 1 amide bonds. The highest BCUT2D eigenvalue weighted by atomic mass is 35.5. The van der Waals surface area contributed by atoms with Gasteiger partial charge in [0.15, 0.2) is 0 Å². The number of sulfonamides is 1. The lowest BCUT2D eigenvalue weighted by Crippen LogP contribution is -2.49. The molecule has 2 aromatic carbocycles. The van der Waals surface area contributed by atoms with E-state index in [1.165, 1.54) is 10.4 Å². The third kappa shape index (κ3) is 3.65. The normalized spacial score (nSPS) is 23.1. The predicted molar refractivity (Wildman–Crippen MR) is 110 cm³/mol. The molecule has 0 aliphatic carbocycles. The zero-order valence-corrected chi connectivity index (χ0v) is 17.8. The van der Waals surface area contributed by atoms with Crippen LogP contribution in [0.25, 0.3) is 0 Å². The van der Waals surface area contributed by atoms with Crippen molar-refractivity contribution in [1.29, 1.82) is 0 Å². The lowest BCUT2D eigenvalue weighted by Gasteiger charge is -2.38. The van der Waals surface area contributed by atoms with Crippen molar-refractivity contribution in [3.63, 3.8) is 0 Å². The van der Waals surface area contributed by atoms with Crippen LogP contribution in [0.5, 0.6) is 0 Å². The van der Waals surface area contributed by atoms with Gasteiger partial charge in [-0.15, -0.1) is 0 Å². The predicted octanol–water partition coefficient (Wildman–Crippen LogP) is 4.34. The molecule has 0 radical (unpaired) electrons. The van der Waals surface area contributed by atoms with Gasteiger partial charge in [0.05, 0.1) is 10.4 Å². The number of hydrogen-bond acceptors (Lipinski definition) is 3. The van der Waals surface area contributed by atoms with Crippen LogP contribution in [0.2, 0.25) is 10.0 Å². The molecule has 2 saturated heterocycles. The molecule has 2 aromatic rings. The summed E-state index contributed by atoms with van der Waals surface area (Å²) < 4.78 is 40.9. The number of rotatable bonds is 3. The van der Waals surface area contributed by atoms with Crippen molar-refractivity contribution >= 4 is 44.8 Å². The lowest BCUT2D eigenvalue weighted by molar-refractivity contribution is -0.127. The third-order valence-corrected chi connectivity index (χ3v) is 8.28. The summed E-state index contributed by atoms with van der Waals surface area (Å²) in [5.74, 6) is -0.682.